The van der Waals surface area contributed by atoms with E-state index in [1.165, 1.54) is 6.21 Å². The summed E-state index contributed by atoms with van der Waals surface area (Å²) in [7, 11) is 1.65. The van der Waals surface area contributed by atoms with E-state index in [4.69, 9.17) is 4.74 Å². The second-order valence-corrected chi connectivity index (χ2v) is 3.63. The number of amides is 1. The van der Waals surface area contributed by atoms with Crippen LogP contribution in [0.5, 0.6) is 0 Å². The van der Waals surface area contributed by atoms with E-state index in [1.807, 2.05) is 0 Å². The molecule has 0 fully saturated rings. The van der Waals surface area contributed by atoms with Crippen LogP contribution in [0.3, 0.4) is 0 Å². The SMILES string of the molecule is C=C(/C=N\NC)NC(=O)OC(C)(C)C. The number of rotatable bonds is 3. The van der Waals surface area contributed by atoms with E-state index in [2.05, 4.69) is 22.4 Å². The number of allylic oxidation sites excluding steroid dienone is 1. The summed E-state index contributed by atoms with van der Waals surface area (Å²) in [6.07, 6.45) is 0.856. The van der Waals surface area contributed by atoms with Crippen molar-refractivity contribution in [3.63, 3.8) is 0 Å². The highest BCUT2D eigenvalue weighted by Gasteiger charge is 2.15. The highest BCUT2D eigenvalue weighted by Crippen LogP contribution is 2.06. The van der Waals surface area contributed by atoms with Crippen molar-refractivity contribution in [2.24, 2.45) is 5.10 Å². The molecular weight excluding hydrogens is 182 g/mol. The Morgan fingerprint density at radius 3 is 2.50 bits per heavy atom. The molecule has 0 saturated heterocycles. The number of nitrogens with zero attached hydrogens (tertiary/aromatic N) is 1. The van der Waals surface area contributed by atoms with Crippen molar-refractivity contribution in [3.05, 3.63) is 12.3 Å². The molecule has 1 amide bonds. The van der Waals surface area contributed by atoms with Crippen LogP contribution in [-0.2, 0) is 4.74 Å². The third kappa shape index (κ3) is 7.15. The molecule has 0 unspecified atom stereocenters. The molecule has 5 heteroatoms. The quantitative estimate of drug-likeness (QED) is 0.531. The van der Waals surface area contributed by atoms with Gasteiger partial charge < -0.3 is 10.2 Å². The molecule has 0 aromatic heterocycles. The Morgan fingerprint density at radius 2 is 2.07 bits per heavy atom. The zero-order chi connectivity index (χ0) is 11.2. The number of ether oxygens (including phenoxy) is 1. The molecule has 2 N–H and O–H groups in total. The van der Waals surface area contributed by atoms with Gasteiger partial charge in [0.05, 0.1) is 11.9 Å². The van der Waals surface area contributed by atoms with Gasteiger partial charge >= 0.3 is 6.09 Å². The van der Waals surface area contributed by atoms with Crippen molar-refractivity contribution in [2.45, 2.75) is 26.4 Å². The van der Waals surface area contributed by atoms with Crippen LogP contribution in [0.4, 0.5) is 4.79 Å². The van der Waals surface area contributed by atoms with E-state index in [1.54, 1.807) is 27.8 Å². The molecule has 0 radical (unpaired) electrons. The maximum Gasteiger partial charge on any atom is 0.412 e. The van der Waals surface area contributed by atoms with Crippen molar-refractivity contribution in [3.8, 4) is 0 Å². The van der Waals surface area contributed by atoms with Crippen molar-refractivity contribution >= 4 is 12.3 Å². The highest BCUT2D eigenvalue weighted by atomic mass is 16.6. The Bertz CT molecular complexity index is 241. The summed E-state index contributed by atoms with van der Waals surface area (Å²) in [5, 5.41) is 6.10. The van der Waals surface area contributed by atoms with Crippen LogP contribution < -0.4 is 10.7 Å². The van der Waals surface area contributed by atoms with Gasteiger partial charge in [0, 0.05) is 7.05 Å². The second kappa shape index (κ2) is 5.26. The van der Waals surface area contributed by atoms with Gasteiger partial charge in [0.25, 0.3) is 0 Å². The minimum atomic E-state index is -0.537. The fourth-order valence-electron chi connectivity index (χ4n) is 0.609. The van der Waals surface area contributed by atoms with E-state index < -0.39 is 11.7 Å². The van der Waals surface area contributed by atoms with Gasteiger partial charge in [-0.2, -0.15) is 5.10 Å². The smallest absolute Gasteiger partial charge is 0.412 e. The maximum atomic E-state index is 11.2. The summed E-state index contributed by atoms with van der Waals surface area (Å²) < 4.78 is 5.00. The average Bonchev–Trinajstić information content (AvgIpc) is 1.96. The minimum Gasteiger partial charge on any atom is -0.444 e. The number of hydrogen-bond donors (Lipinski definition) is 2. The molecule has 14 heavy (non-hydrogen) atoms. The molecule has 0 spiro atoms. The summed E-state index contributed by atoms with van der Waals surface area (Å²) in [5.74, 6) is 0. The van der Waals surface area contributed by atoms with Crippen LogP contribution in [0.1, 0.15) is 20.8 Å². The number of hydrogen-bond acceptors (Lipinski definition) is 4. The topological polar surface area (TPSA) is 62.7 Å². The van der Waals surface area contributed by atoms with Crippen molar-refractivity contribution in [1.29, 1.82) is 0 Å². The van der Waals surface area contributed by atoms with E-state index >= 15 is 0 Å². The zero-order valence-electron chi connectivity index (χ0n) is 9.05. The van der Waals surface area contributed by atoms with E-state index in [9.17, 15) is 4.79 Å². The van der Waals surface area contributed by atoms with Gasteiger partial charge in [0.1, 0.15) is 5.60 Å². The third-order valence-electron chi connectivity index (χ3n) is 1.01. The first-order valence-corrected chi connectivity index (χ1v) is 4.24. The molecule has 0 aromatic carbocycles. The lowest BCUT2D eigenvalue weighted by molar-refractivity contribution is 0.0549. The van der Waals surface area contributed by atoms with Crippen LogP contribution in [0.2, 0.25) is 0 Å². The summed E-state index contributed by atoms with van der Waals surface area (Å²) in [6.45, 7) is 8.93. The summed E-state index contributed by atoms with van der Waals surface area (Å²) in [6, 6.07) is 0. The molecule has 0 aromatic rings. The summed E-state index contributed by atoms with van der Waals surface area (Å²) >= 11 is 0. The first kappa shape index (κ1) is 12.5. The Balaban J connectivity index is 3.95. The Hall–Kier alpha value is -1.52. The summed E-state index contributed by atoms with van der Waals surface area (Å²) in [4.78, 5) is 11.2. The van der Waals surface area contributed by atoms with Gasteiger partial charge in [-0.3, -0.25) is 5.32 Å². The minimum absolute atomic E-state index is 0.369. The number of carbonyl (C=O) groups is 1. The molecule has 80 valence electrons. The zero-order valence-corrected chi connectivity index (χ0v) is 9.05. The Kier molecular flexibility index (Phi) is 4.69. The first-order chi connectivity index (χ1) is 6.35. The van der Waals surface area contributed by atoms with Crippen molar-refractivity contribution < 1.29 is 9.53 Å². The normalized spacial score (nSPS) is 11.1. The van der Waals surface area contributed by atoms with E-state index in [0.29, 0.717) is 5.70 Å². The monoisotopic (exact) mass is 199 g/mol. The third-order valence-corrected chi connectivity index (χ3v) is 1.01. The molecular formula is C9H17N3O2. The largest absolute Gasteiger partial charge is 0.444 e. The lowest BCUT2D eigenvalue weighted by atomic mass is 10.2. The molecule has 5 nitrogen and oxygen atoms in total. The van der Waals surface area contributed by atoms with Gasteiger partial charge in [-0.05, 0) is 20.8 Å². The molecule has 0 saturated carbocycles. The van der Waals surface area contributed by atoms with Gasteiger partial charge in [0.15, 0.2) is 0 Å². The van der Waals surface area contributed by atoms with Gasteiger partial charge in [0.2, 0.25) is 0 Å². The highest BCUT2D eigenvalue weighted by molar-refractivity contribution is 5.84. The Morgan fingerprint density at radius 1 is 1.50 bits per heavy atom. The Labute approximate surface area is 84.2 Å². The molecule has 0 bridgehead atoms. The van der Waals surface area contributed by atoms with Gasteiger partial charge in [-0.15, -0.1) is 0 Å². The molecule has 0 aliphatic rings. The van der Waals surface area contributed by atoms with Crippen LogP contribution in [0.15, 0.2) is 17.4 Å². The maximum absolute atomic E-state index is 11.2. The predicted molar refractivity (Wildman–Crippen MR) is 56.1 cm³/mol. The molecule has 0 atom stereocenters. The summed E-state index contributed by atoms with van der Waals surface area (Å²) in [5.41, 5.74) is 2.40. The number of hydrazone groups is 1. The van der Waals surface area contributed by atoms with Crippen LogP contribution >= 0.6 is 0 Å². The van der Waals surface area contributed by atoms with E-state index in [-0.39, 0.29) is 0 Å². The number of carbonyl (C=O) groups excluding carboxylic acids is 1. The molecule has 0 heterocycles. The van der Waals surface area contributed by atoms with Crippen molar-refractivity contribution in [1.82, 2.24) is 10.7 Å². The number of alkyl carbamates (subject to hydrolysis) is 1. The van der Waals surface area contributed by atoms with Crippen LogP contribution in [-0.4, -0.2) is 25.0 Å². The van der Waals surface area contributed by atoms with Crippen LogP contribution in [0, 0.1) is 0 Å². The second-order valence-electron chi connectivity index (χ2n) is 3.63. The fraction of sp³-hybridized carbons (Fsp3) is 0.556. The van der Waals surface area contributed by atoms with Gasteiger partial charge in [-0.1, -0.05) is 6.58 Å². The number of nitrogens with one attached hydrogen (secondary N) is 2. The lowest BCUT2D eigenvalue weighted by Crippen LogP contribution is -2.32. The fourth-order valence-corrected chi connectivity index (χ4v) is 0.609. The predicted octanol–water partition coefficient (Wildman–Crippen LogP) is 1.23. The molecule has 0 rings (SSSR count). The van der Waals surface area contributed by atoms with Crippen molar-refractivity contribution in [2.75, 3.05) is 7.05 Å². The molecule has 0 aliphatic carbocycles. The lowest BCUT2D eigenvalue weighted by Gasteiger charge is -2.19. The first-order valence-electron chi connectivity index (χ1n) is 4.24. The van der Waals surface area contributed by atoms with E-state index in [0.717, 1.165) is 0 Å². The average molecular weight is 199 g/mol. The van der Waals surface area contributed by atoms with Gasteiger partial charge in [-0.25, -0.2) is 4.79 Å². The van der Waals surface area contributed by atoms with Crippen LogP contribution in [0.25, 0.3) is 0 Å². The molecule has 0 aliphatic heterocycles. The standard InChI is InChI=1S/C9H17N3O2/c1-7(6-11-10-5)12-8(13)14-9(2,3)4/h6,10H,1H2,2-5H3,(H,12,13)/b11-6-.